The molecule has 1 aromatic rings. The summed E-state index contributed by atoms with van der Waals surface area (Å²) in [5.41, 5.74) is 6.62. The van der Waals surface area contributed by atoms with Crippen molar-refractivity contribution in [2.75, 3.05) is 6.67 Å². The molecule has 2 N–H and O–H groups in total. The Morgan fingerprint density at radius 3 is 2.64 bits per heavy atom. The second kappa shape index (κ2) is 6.62. The zero-order valence-electron chi connectivity index (χ0n) is 7.34. The first kappa shape index (κ1) is 14.2. The normalized spacial score (nSPS) is 12.0. The molecule has 0 unspecified atom stereocenters. The van der Waals surface area contributed by atoms with Crippen LogP contribution in [0, 0.1) is 0 Å². The van der Waals surface area contributed by atoms with Crippen LogP contribution in [0.25, 0.3) is 0 Å². The van der Waals surface area contributed by atoms with Crippen LogP contribution in [-0.2, 0) is 0 Å². The molecule has 0 aromatic heterocycles. The van der Waals surface area contributed by atoms with Gasteiger partial charge in [0.2, 0.25) is 0 Å². The fourth-order valence-electron chi connectivity index (χ4n) is 1.03. The molecule has 0 saturated carbocycles. The minimum atomic E-state index is -0.401. The van der Waals surface area contributed by atoms with Gasteiger partial charge in [0, 0.05) is 10.5 Å². The molecular formula is C9H11BrCl2FN. The molecule has 0 heterocycles. The molecule has 0 spiro atoms. The van der Waals surface area contributed by atoms with E-state index in [9.17, 15) is 4.39 Å². The summed E-state index contributed by atoms with van der Waals surface area (Å²) in [5, 5.41) is 0.635. The van der Waals surface area contributed by atoms with Gasteiger partial charge in [0.25, 0.3) is 0 Å². The van der Waals surface area contributed by atoms with E-state index in [1.807, 2.05) is 12.1 Å². The maximum Gasteiger partial charge on any atom is 0.0912 e. The Bertz CT molecular complexity index is 296. The van der Waals surface area contributed by atoms with E-state index in [1.165, 1.54) is 0 Å². The Kier molecular flexibility index (Phi) is 6.70. The van der Waals surface area contributed by atoms with Gasteiger partial charge in [-0.1, -0.05) is 17.7 Å². The Balaban J connectivity index is 0.00000169. The topological polar surface area (TPSA) is 26.0 Å². The van der Waals surface area contributed by atoms with Crippen LogP contribution in [0.3, 0.4) is 0 Å². The Hall–Kier alpha value is 0.170. The molecule has 0 aliphatic carbocycles. The van der Waals surface area contributed by atoms with E-state index in [1.54, 1.807) is 6.07 Å². The number of rotatable bonds is 3. The van der Waals surface area contributed by atoms with Gasteiger partial charge in [-0.05, 0) is 40.0 Å². The van der Waals surface area contributed by atoms with Gasteiger partial charge in [-0.15, -0.1) is 12.4 Å². The summed E-state index contributed by atoms with van der Waals surface area (Å²) in [6.07, 6.45) is 0.341. The predicted octanol–water partition coefficient (Wildman–Crippen LogP) is 3.88. The van der Waals surface area contributed by atoms with E-state index in [-0.39, 0.29) is 18.4 Å². The number of halogens is 4. The van der Waals surface area contributed by atoms with Crippen molar-refractivity contribution in [3.63, 3.8) is 0 Å². The molecule has 0 aliphatic rings. The van der Waals surface area contributed by atoms with E-state index in [2.05, 4.69) is 15.9 Å². The van der Waals surface area contributed by atoms with Crippen molar-refractivity contribution < 1.29 is 4.39 Å². The SMILES string of the molecule is Cl.N[C@H](CCF)c1ccc(Cl)c(Br)c1. The van der Waals surface area contributed by atoms with Gasteiger partial charge < -0.3 is 5.73 Å². The Labute approximate surface area is 102 Å². The van der Waals surface area contributed by atoms with Crippen LogP contribution in [0.1, 0.15) is 18.0 Å². The highest BCUT2D eigenvalue weighted by Crippen LogP contribution is 2.26. The van der Waals surface area contributed by atoms with Crippen molar-refractivity contribution in [1.82, 2.24) is 0 Å². The average Bonchev–Trinajstić information content (AvgIpc) is 2.10. The van der Waals surface area contributed by atoms with Gasteiger partial charge in [0.05, 0.1) is 11.7 Å². The van der Waals surface area contributed by atoms with Crippen molar-refractivity contribution in [2.45, 2.75) is 12.5 Å². The highest BCUT2D eigenvalue weighted by atomic mass is 79.9. The molecule has 1 aromatic carbocycles. The molecule has 0 fully saturated rings. The number of hydrogen-bond donors (Lipinski definition) is 1. The fraction of sp³-hybridized carbons (Fsp3) is 0.333. The van der Waals surface area contributed by atoms with Crippen LogP contribution >= 0.6 is 39.9 Å². The molecule has 0 bridgehead atoms. The lowest BCUT2D eigenvalue weighted by Crippen LogP contribution is -2.10. The summed E-state index contributed by atoms with van der Waals surface area (Å²) in [7, 11) is 0. The zero-order valence-corrected chi connectivity index (χ0v) is 10.5. The van der Waals surface area contributed by atoms with Crippen LogP contribution in [0.2, 0.25) is 5.02 Å². The second-order valence-corrected chi connectivity index (χ2v) is 4.02. The smallest absolute Gasteiger partial charge is 0.0912 e. The second-order valence-electron chi connectivity index (χ2n) is 2.76. The Morgan fingerprint density at radius 1 is 1.50 bits per heavy atom. The molecule has 14 heavy (non-hydrogen) atoms. The lowest BCUT2D eigenvalue weighted by Gasteiger charge is -2.10. The van der Waals surface area contributed by atoms with E-state index < -0.39 is 6.67 Å². The molecule has 5 heteroatoms. The maximum atomic E-state index is 12.0. The van der Waals surface area contributed by atoms with Crippen molar-refractivity contribution in [2.24, 2.45) is 5.73 Å². The summed E-state index contributed by atoms with van der Waals surface area (Å²) in [4.78, 5) is 0. The number of benzene rings is 1. The van der Waals surface area contributed by atoms with Crippen molar-refractivity contribution in [3.05, 3.63) is 33.3 Å². The van der Waals surface area contributed by atoms with Crippen LogP contribution in [0.4, 0.5) is 4.39 Å². The summed E-state index contributed by atoms with van der Waals surface area (Å²) < 4.78 is 12.8. The van der Waals surface area contributed by atoms with Crippen LogP contribution in [-0.4, -0.2) is 6.67 Å². The first-order valence-electron chi connectivity index (χ1n) is 3.91. The molecule has 1 atom stereocenters. The third-order valence-corrected chi connectivity index (χ3v) is 3.01. The highest BCUT2D eigenvalue weighted by molar-refractivity contribution is 9.10. The van der Waals surface area contributed by atoms with Gasteiger partial charge in [0.15, 0.2) is 0 Å². The first-order chi connectivity index (χ1) is 6.15. The maximum absolute atomic E-state index is 12.0. The molecule has 80 valence electrons. The summed E-state index contributed by atoms with van der Waals surface area (Å²) in [5.74, 6) is 0. The van der Waals surface area contributed by atoms with Gasteiger partial charge in [-0.3, -0.25) is 4.39 Å². The molecule has 0 aliphatic heterocycles. The van der Waals surface area contributed by atoms with Crippen molar-refractivity contribution in [1.29, 1.82) is 0 Å². The zero-order chi connectivity index (χ0) is 9.84. The van der Waals surface area contributed by atoms with E-state index in [4.69, 9.17) is 17.3 Å². The van der Waals surface area contributed by atoms with Crippen LogP contribution in [0.15, 0.2) is 22.7 Å². The third-order valence-electron chi connectivity index (χ3n) is 1.79. The van der Waals surface area contributed by atoms with E-state index in [0.29, 0.717) is 11.4 Å². The van der Waals surface area contributed by atoms with Crippen molar-refractivity contribution >= 4 is 39.9 Å². The van der Waals surface area contributed by atoms with Gasteiger partial charge >= 0.3 is 0 Å². The lowest BCUT2D eigenvalue weighted by atomic mass is 10.1. The average molecular weight is 303 g/mol. The molecule has 0 saturated heterocycles. The van der Waals surface area contributed by atoms with Gasteiger partial charge in [-0.2, -0.15) is 0 Å². The Morgan fingerprint density at radius 2 is 2.14 bits per heavy atom. The van der Waals surface area contributed by atoms with Crippen molar-refractivity contribution in [3.8, 4) is 0 Å². The predicted molar refractivity (Wildman–Crippen MR) is 63.9 cm³/mol. The summed E-state index contributed by atoms with van der Waals surface area (Å²) >= 11 is 9.08. The summed E-state index contributed by atoms with van der Waals surface area (Å²) in [6, 6.07) is 5.13. The van der Waals surface area contributed by atoms with Gasteiger partial charge in [0.1, 0.15) is 0 Å². The number of hydrogen-bond acceptors (Lipinski definition) is 1. The quantitative estimate of drug-likeness (QED) is 0.901. The summed E-state index contributed by atoms with van der Waals surface area (Å²) in [6.45, 7) is -0.401. The van der Waals surface area contributed by atoms with Crippen LogP contribution < -0.4 is 5.73 Å². The standard InChI is InChI=1S/C9H10BrClFN.ClH/c10-7-5-6(1-2-8(7)11)9(13)3-4-12;/h1-2,5,9H,3-4,13H2;1H/t9-;/m1./s1. The lowest BCUT2D eigenvalue weighted by molar-refractivity contribution is 0.442. The van der Waals surface area contributed by atoms with Crippen LogP contribution in [0.5, 0.6) is 0 Å². The molecule has 0 amide bonds. The van der Waals surface area contributed by atoms with E-state index in [0.717, 1.165) is 10.0 Å². The number of nitrogens with two attached hydrogens (primary N) is 1. The minimum Gasteiger partial charge on any atom is -0.324 e. The highest BCUT2D eigenvalue weighted by Gasteiger charge is 2.07. The molecule has 1 nitrogen and oxygen atoms in total. The largest absolute Gasteiger partial charge is 0.324 e. The third kappa shape index (κ3) is 3.73. The monoisotopic (exact) mass is 301 g/mol. The van der Waals surface area contributed by atoms with Gasteiger partial charge in [-0.25, -0.2) is 0 Å². The van der Waals surface area contributed by atoms with E-state index >= 15 is 0 Å². The molecule has 1 rings (SSSR count). The minimum absolute atomic E-state index is 0. The fourth-order valence-corrected chi connectivity index (χ4v) is 1.54. The first-order valence-corrected chi connectivity index (χ1v) is 5.08. The molecule has 0 radical (unpaired) electrons. The number of alkyl halides is 1. The molecular weight excluding hydrogens is 292 g/mol.